The third-order valence-electron chi connectivity index (χ3n) is 4.75. The number of hydrogen-bond donors (Lipinski definition) is 3. The van der Waals surface area contributed by atoms with Gasteiger partial charge in [-0.05, 0) is 61.8 Å². The molecule has 1 aromatic rings. The van der Waals surface area contributed by atoms with E-state index >= 15 is 0 Å². The molecule has 0 radical (unpaired) electrons. The molecule has 0 saturated heterocycles. The second-order valence-electron chi connectivity index (χ2n) is 5.93. The molecule has 2 aliphatic carbocycles. The van der Waals surface area contributed by atoms with Crippen molar-refractivity contribution in [1.82, 2.24) is 0 Å². The van der Waals surface area contributed by atoms with Crippen molar-refractivity contribution < 1.29 is 9.90 Å². The van der Waals surface area contributed by atoms with Crippen LogP contribution in [0, 0.1) is 24.7 Å². The summed E-state index contributed by atoms with van der Waals surface area (Å²) in [7, 11) is 0. The van der Waals surface area contributed by atoms with Crippen LogP contribution in [0.1, 0.15) is 24.8 Å². The van der Waals surface area contributed by atoms with Gasteiger partial charge in [-0.1, -0.05) is 0 Å². The van der Waals surface area contributed by atoms with Crippen molar-refractivity contribution in [2.45, 2.75) is 32.2 Å². The fourth-order valence-electron chi connectivity index (χ4n) is 3.68. The van der Waals surface area contributed by atoms with Gasteiger partial charge in [0.2, 0.25) is 5.91 Å². The Morgan fingerprint density at radius 2 is 2.11 bits per heavy atom. The lowest BCUT2D eigenvalue weighted by Crippen LogP contribution is -2.42. The number of aromatic hydroxyl groups is 1. The zero-order valence-electron chi connectivity index (χ0n) is 11.1. The van der Waals surface area contributed by atoms with Gasteiger partial charge in [0.25, 0.3) is 0 Å². The molecule has 0 aromatic heterocycles. The summed E-state index contributed by atoms with van der Waals surface area (Å²) in [6.45, 7) is 1.81. The second-order valence-corrected chi connectivity index (χ2v) is 5.93. The minimum atomic E-state index is -0.0483. The Morgan fingerprint density at radius 3 is 2.74 bits per heavy atom. The van der Waals surface area contributed by atoms with Crippen LogP contribution < -0.4 is 11.1 Å². The van der Waals surface area contributed by atoms with Crippen LogP contribution >= 0.6 is 0 Å². The molecule has 4 atom stereocenters. The van der Waals surface area contributed by atoms with Gasteiger partial charge in [0.1, 0.15) is 5.75 Å². The highest BCUT2D eigenvalue weighted by Gasteiger charge is 2.49. The number of phenolic OH excluding ortho intramolecular Hbond substituents is 1. The van der Waals surface area contributed by atoms with E-state index in [0.717, 1.165) is 24.1 Å². The van der Waals surface area contributed by atoms with Crippen molar-refractivity contribution in [1.29, 1.82) is 0 Å². The summed E-state index contributed by atoms with van der Waals surface area (Å²) in [5.74, 6) is 1.22. The predicted molar refractivity (Wildman–Crippen MR) is 73.8 cm³/mol. The molecular weight excluding hydrogens is 240 g/mol. The third-order valence-corrected chi connectivity index (χ3v) is 4.75. The normalized spacial score (nSPS) is 32.5. The van der Waals surface area contributed by atoms with E-state index in [1.807, 2.05) is 6.92 Å². The molecule has 2 fully saturated rings. The number of benzene rings is 1. The van der Waals surface area contributed by atoms with Crippen LogP contribution in [-0.4, -0.2) is 17.1 Å². The molecule has 1 aromatic carbocycles. The Hall–Kier alpha value is -1.55. The van der Waals surface area contributed by atoms with E-state index in [0.29, 0.717) is 11.8 Å². The number of carbonyl (C=O) groups excluding carboxylic acids is 1. The summed E-state index contributed by atoms with van der Waals surface area (Å²) in [6.07, 6.45) is 3.41. The average molecular weight is 260 g/mol. The molecule has 4 unspecified atom stereocenters. The predicted octanol–water partition coefficient (Wildman–Crippen LogP) is 2.01. The summed E-state index contributed by atoms with van der Waals surface area (Å²) < 4.78 is 0. The Bertz CT molecular complexity index is 513. The number of hydrogen-bond acceptors (Lipinski definition) is 3. The molecule has 4 nitrogen and oxygen atoms in total. The van der Waals surface area contributed by atoms with Gasteiger partial charge in [0.15, 0.2) is 0 Å². The summed E-state index contributed by atoms with van der Waals surface area (Å²) in [5, 5.41) is 12.4. The standard InChI is InChI=1S/C15H20N2O2/c1-8-6-11(4-5-12(8)18)17-15(19)13-9-2-3-10(7-9)14(13)16/h4-6,9-10,13-14,18H,2-3,7,16H2,1H3,(H,17,19). The van der Waals surface area contributed by atoms with Gasteiger partial charge < -0.3 is 16.2 Å². The van der Waals surface area contributed by atoms with Crippen LogP contribution in [0.5, 0.6) is 5.75 Å². The van der Waals surface area contributed by atoms with E-state index in [1.54, 1.807) is 18.2 Å². The lowest BCUT2D eigenvalue weighted by molar-refractivity contribution is -0.121. The third kappa shape index (κ3) is 2.10. The Kier molecular flexibility index (Phi) is 2.97. The van der Waals surface area contributed by atoms with E-state index in [1.165, 1.54) is 6.42 Å². The van der Waals surface area contributed by atoms with Crippen LogP contribution in [-0.2, 0) is 4.79 Å². The van der Waals surface area contributed by atoms with E-state index in [2.05, 4.69) is 5.32 Å². The molecule has 4 heteroatoms. The summed E-state index contributed by atoms with van der Waals surface area (Å²) in [5.41, 5.74) is 7.66. The molecule has 2 aliphatic rings. The highest BCUT2D eigenvalue weighted by molar-refractivity contribution is 5.93. The monoisotopic (exact) mass is 260 g/mol. The van der Waals surface area contributed by atoms with Crippen LogP contribution in [0.2, 0.25) is 0 Å². The van der Waals surface area contributed by atoms with Gasteiger partial charge in [-0.3, -0.25) is 4.79 Å². The SMILES string of the molecule is Cc1cc(NC(=O)C2C3CCC(C3)C2N)ccc1O. The number of anilines is 1. The molecule has 2 saturated carbocycles. The quantitative estimate of drug-likeness (QED) is 0.712. The number of phenols is 1. The van der Waals surface area contributed by atoms with Crippen molar-refractivity contribution in [2.24, 2.45) is 23.5 Å². The van der Waals surface area contributed by atoms with Crippen LogP contribution in [0.25, 0.3) is 0 Å². The largest absolute Gasteiger partial charge is 0.508 e. The summed E-state index contributed by atoms with van der Waals surface area (Å²) >= 11 is 0. The van der Waals surface area contributed by atoms with Gasteiger partial charge in [-0.15, -0.1) is 0 Å². The highest BCUT2D eigenvalue weighted by Crippen LogP contribution is 2.47. The van der Waals surface area contributed by atoms with Crippen molar-refractivity contribution in [3.63, 3.8) is 0 Å². The highest BCUT2D eigenvalue weighted by atomic mass is 16.3. The van der Waals surface area contributed by atoms with Crippen LogP contribution in [0.4, 0.5) is 5.69 Å². The molecule has 3 rings (SSSR count). The first kappa shape index (κ1) is 12.5. The maximum atomic E-state index is 12.4. The average Bonchev–Trinajstić information content (AvgIpc) is 2.94. The Balaban J connectivity index is 1.73. The first-order valence-electron chi connectivity index (χ1n) is 6.92. The van der Waals surface area contributed by atoms with Crippen molar-refractivity contribution in [3.05, 3.63) is 23.8 Å². The molecule has 0 heterocycles. The smallest absolute Gasteiger partial charge is 0.229 e. The number of rotatable bonds is 2. The van der Waals surface area contributed by atoms with Gasteiger partial charge in [0, 0.05) is 11.7 Å². The molecule has 1 amide bonds. The van der Waals surface area contributed by atoms with E-state index in [4.69, 9.17) is 5.73 Å². The number of nitrogens with one attached hydrogen (secondary N) is 1. The van der Waals surface area contributed by atoms with Crippen LogP contribution in [0.15, 0.2) is 18.2 Å². The fourth-order valence-corrected chi connectivity index (χ4v) is 3.68. The van der Waals surface area contributed by atoms with E-state index in [9.17, 15) is 9.90 Å². The summed E-state index contributed by atoms with van der Waals surface area (Å²) in [4.78, 5) is 12.4. The van der Waals surface area contributed by atoms with Crippen molar-refractivity contribution in [3.8, 4) is 5.75 Å². The van der Waals surface area contributed by atoms with Gasteiger partial charge in [-0.25, -0.2) is 0 Å². The zero-order valence-corrected chi connectivity index (χ0v) is 11.1. The van der Waals surface area contributed by atoms with E-state index in [-0.39, 0.29) is 23.6 Å². The maximum Gasteiger partial charge on any atom is 0.229 e. The first-order valence-corrected chi connectivity index (χ1v) is 6.92. The maximum absolute atomic E-state index is 12.4. The molecule has 2 bridgehead atoms. The number of amides is 1. The number of nitrogens with two attached hydrogens (primary N) is 1. The topological polar surface area (TPSA) is 75.4 Å². The van der Waals surface area contributed by atoms with E-state index < -0.39 is 0 Å². The Labute approximate surface area is 113 Å². The molecule has 4 N–H and O–H groups in total. The molecule has 102 valence electrons. The second kappa shape index (κ2) is 4.53. The van der Waals surface area contributed by atoms with Gasteiger partial charge in [-0.2, -0.15) is 0 Å². The number of carbonyl (C=O) groups is 1. The molecule has 0 spiro atoms. The number of aryl methyl sites for hydroxylation is 1. The lowest BCUT2D eigenvalue weighted by atomic mass is 9.84. The minimum absolute atomic E-state index is 0.0111. The van der Waals surface area contributed by atoms with Gasteiger partial charge in [0.05, 0.1) is 5.92 Å². The lowest BCUT2D eigenvalue weighted by Gasteiger charge is -2.27. The molecule has 19 heavy (non-hydrogen) atoms. The van der Waals surface area contributed by atoms with Crippen LogP contribution in [0.3, 0.4) is 0 Å². The molecule has 0 aliphatic heterocycles. The van der Waals surface area contributed by atoms with Crippen molar-refractivity contribution >= 4 is 11.6 Å². The summed E-state index contributed by atoms with van der Waals surface area (Å²) in [6, 6.07) is 5.12. The van der Waals surface area contributed by atoms with Crippen molar-refractivity contribution in [2.75, 3.05) is 5.32 Å². The number of fused-ring (bicyclic) bond motifs is 2. The van der Waals surface area contributed by atoms with Gasteiger partial charge >= 0.3 is 0 Å². The minimum Gasteiger partial charge on any atom is -0.508 e. The molecular formula is C15H20N2O2. The Morgan fingerprint density at radius 1 is 1.37 bits per heavy atom. The fraction of sp³-hybridized carbons (Fsp3) is 0.533. The zero-order chi connectivity index (χ0) is 13.6. The first-order chi connectivity index (χ1) is 9.06.